The summed E-state index contributed by atoms with van der Waals surface area (Å²) in [4.78, 5) is 25.3. The van der Waals surface area contributed by atoms with E-state index >= 15 is 0 Å². The topological polar surface area (TPSA) is 87.9 Å². The van der Waals surface area contributed by atoms with Crippen molar-refractivity contribution in [1.82, 2.24) is 15.3 Å². The second-order valence-electron chi connectivity index (χ2n) is 6.33. The van der Waals surface area contributed by atoms with Gasteiger partial charge in [0.05, 0.1) is 17.6 Å². The Morgan fingerprint density at radius 1 is 1.15 bits per heavy atom. The van der Waals surface area contributed by atoms with Crippen LogP contribution in [0.3, 0.4) is 0 Å². The molecule has 0 spiro atoms. The fraction of sp³-hybridized carbons (Fsp3) is 0.316. The van der Waals surface area contributed by atoms with Crippen LogP contribution in [0.2, 0.25) is 0 Å². The maximum absolute atomic E-state index is 12.6. The zero-order valence-electron chi connectivity index (χ0n) is 15.1. The van der Waals surface area contributed by atoms with Crippen molar-refractivity contribution in [3.63, 3.8) is 0 Å². The van der Waals surface area contributed by atoms with Crippen LogP contribution < -0.4 is 10.2 Å². The van der Waals surface area contributed by atoms with Crippen LogP contribution in [0.15, 0.2) is 48.5 Å². The summed E-state index contributed by atoms with van der Waals surface area (Å²) in [6, 6.07) is 14.2. The summed E-state index contributed by atoms with van der Waals surface area (Å²) in [5.41, 5.74) is 4.09. The molecule has 1 aliphatic rings. The van der Waals surface area contributed by atoms with Gasteiger partial charge in [-0.25, -0.2) is 5.01 Å². The molecule has 1 N–H and O–H groups in total. The molecule has 1 saturated heterocycles. The van der Waals surface area contributed by atoms with E-state index in [9.17, 15) is 14.9 Å². The maximum Gasteiger partial charge on any atom is 0.270 e. The van der Waals surface area contributed by atoms with Gasteiger partial charge in [0.2, 0.25) is 0 Å². The standard InChI is InChI=1S/C19H22N4O4/c1-27-18-8-7-16(23(25)26)13-17(18)19(24)20-22-11-9-21(10-12-22)14-15-5-3-2-4-6-15/h2-8,13H,9-12,14H2,1H3,(H,20,24). The lowest BCUT2D eigenvalue weighted by Gasteiger charge is -2.34. The quantitative estimate of drug-likeness (QED) is 0.619. The minimum atomic E-state index is -0.529. The fourth-order valence-corrected chi connectivity index (χ4v) is 3.05. The first-order chi connectivity index (χ1) is 13.1. The number of benzene rings is 2. The molecule has 0 unspecified atom stereocenters. The number of hydrogen-bond acceptors (Lipinski definition) is 6. The molecule has 2 aromatic carbocycles. The summed E-state index contributed by atoms with van der Waals surface area (Å²) in [7, 11) is 1.43. The van der Waals surface area contributed by atoms with Crippen molar-refractivity contribution >= 4 is 11.6 Å². The summed E-state index contributed by atoms with van der Waals surface area (Å²) < 4.78 is 5.16. The fourth-order valence-electron chi connectivity index (χ4n) is 3.05. The summed E-state index contributed by atoms with van der Waals surface area (Å²) in [6.07, 6.45) is 0. The molecule has 0 saturated carbocycles. The molecule has 0 aromatic heterocycles. The van der Waals surface area contributed by atoms with E-state index in [1.54, 1.807) is 0 Å². The van der Waals surface area contributed by atoms with Gasteiger partial charge in [-0.15, -0.1) is 0 Å². The highest BCUT2D eigenvalue weighted by Gasteiger charge is 2.22. The third-order valence-electron chi connectivity index (χ3n) is 4.52. The average molecular weight is 370 g/mol. The third kappa shape index (κ3) is 4.81. The molecule has 2 aromatic rings. The van der Waals surface area contributed by atoms with E-state index in [1.807, 2.05) is 23.2 Å². The van der Waals surface area contributed by atoms with Crippen LogP contribution in [0.25, 0.3) is 0 Å². The summed E-state index contributed by atoms with van der Waals surface area (Å²) in [5, 5.41) is 12.8. The lowest BCUT2D eigenvalue weighted by molar-refractivity contribution is -0.384. The minimum Gasteiger partial charge on any atom is -0.496 e. The predicted octanol–water partition coefficient (Wildman–Crippen LogP) is 2.07. The number of nitrogens with zero attached hydrogens (tertiary/aromatic N) is 3. The molecule has 0 atom stereocenters. The van der Waals surface area contributed by atoms with Crippen molar-refractivity contribution in [2.24, 2.45) is 0 Å². The molecule has 1 amide bonds. The van der Waals surface area contributed by atoms with E-state index in [-0.39, 0.29) is 11.3 Å². The summed E-state index contributed by atoms with van der Waals surface area (Å²) in [6.45, 7) is 3.87. The first kappa shape index (κ1) is 18.8. The maximum atomic E-state index is 12.6. The molecule has 8 nitrogen and oxygen atoms in total. The Labute approximate surface area is 157 Å². The number of ether oxygens (including phenoxy) is 1. The Morgan fingerprint density at radius 2 is 1.85 bits per heavy atom. The summed E-state index contributed by atoms with van der Waals surface area (Å²) >= 11 is 0. The number of methoxy groups -OCH3 is 1. The molecular formula is C19H22N4O4. The van der Waals surface area contributed by atoms with Crippen LogP contribution in [0.5, 0.6) is 5.75 Å². The van der Waals surface area contributed by atoms with Gasteiger partial charge in [0, 0.05) is 44.9 Å². The van der Waals surface area contributed by atoms with E-state index in [0.717, 1.165) is 19.6 Å². The molecule has 3 rings (SSSR count). The lowest BCUT2D eigenvalue weighted by Crippen LogP contribution is -2.53. The van der Waals surface area contributed by atoms with E-state index in [1.165, 1.54) is 30.9 Å². The number of nitro groups is 1. The Bertz CT molecular complexity index is 805. The monoisotopic (exact) mass is 370 g/mol. The van der Waals surface area contributed by atoms with Gasteiger partial charge >= 0.3 is 0 Å². The SMILES string of the molecule is COc1ccc([N+](=O)[O-])cc1C(=O)NN1CCN(Cc2ccccc2)CC1. The first-order valence-electron chi connectivity index (χ1n) is 8.71. The number of piperazine rings is 1. The molecular weight excluding hydrogens is 348 g/mol. The van der Waals surface area contributed by atoms with E-state index < -0.39 is 10.8 Å². The second kappa shape index (κ2) is 8.61. The molecule has 142 valence electrons. The number of amides is 1. The predicted molar refractivity (Wildman–Crippen MR) is 100 cm³/mol. The number of rotatable bonds is 6. The molecule has 0 aliphatic carbocycles. The van der Waals surface area contributed by atoms with Gasteiger partial charge in [-0.3, -0.25) is 25.2 Å². The Balaban J connectivity index is 1.58. The molecule has 0 radical (unpaired) electrons. The smallest absolute Gasteiger partial charge is 0.270 e. The van der Waals surface area contributed by atoms with Gasteiger partial charge in [0.15, 0.2) is 0 Å². The molecule has 27 heavy (non-hydrogen) atoms. The van der Waals surface area contributed by atoms with Crippen LogP contribution in [-0.2, 0) is 6.54 Å². The molecule has 1 heterocycles. The van der Waals surface area contributed by atoms with Crippen molar-refractivity contribution in [2.75, 3.05) is 33.3 Å². The van der Waals surface area contributed by atoms with Gasteiger partial charge in [-0.05, 0) is 11.6 Å². The number of non-ortho nitro benzene ring substituents is 1. The summed E-state index contributed by atoms with van der Waals surface area (Å²) in [5.74, 6) is -0.104. The van der Waals surface area contributed by atoms with Gasteiger partial charge in [-0.1, -0.05) is 30.3 Å². The number of nitro benzene ring substituents is 1. The van der Waals surface area contributed by atoms with Crippen LogP contribution >= 0.6 is 0 Å². The van der Waals surface area contributed by atoms with Crippen LogP contribution in [-0.4, -0.2) is 54.0 Å². The molecule has 8 heteroatoms. The third-order valence-corrected chi connectivity index (χ3v) is 4.52. The zero-order chi connectivity index (χ0) is 19.2. The number of hydrogen-bond donors (Lipinski definition) is 1. The van der Waals surface area contributed by atoms with E-state index in [0.29, 0.717) is 18.8 Å². The first-order valence-corrected chi connectivity index (χ1v) is 8.71. The highest BCUT2D eigenvalue weighted by molar-refractivity contribution is 5.97. The number of nitrogens with one attached hydrogen (secondary N) is 1. The normalized spacial score (nSPS) is 15.3. The highest BCUT2D eigenvalue weighted by atomic mass is 16.6. The van der Waals surface area contributed by atoms with Crippen LogP contribution in [0.4, 0.5) is 5.69 Å². The largest absolute Gasteiger partial charge is 0.496 e. The Hall–Kier alpha value is -2.97. The zero-order valence-corrected chi connectivity index (χ0v) is 15.1. The van der Waals surface area contributed by atoms with Gasteiger partial charge < -0.3 is 4.74 Å². The number of hydrazine groups is 1. The van der Waals surface area contributed by atoms with Gasteiger partial charge in [0.1, 0.15) is 5.75 Å². The van der Waals surface area contributed by atoms with Crippen molar-refractivity contribution in [3.05, 3.63) is 69.8 Å². The molecule has 1 fully saturated rings. The van der Waals surface area contributed by atoms with Crippen molar-refractivity contribution in [2.45, 2.75) is 6.54 Å². The molecule has 1 aliphatic heterocycles. The van der Waals surface area contributed by atoms with Crippen LogP contribution in [0, 0.1) is 10.1 Å². The van der Waals surface area contributed by atoms with Crippen molar-refractivity contribution in [1.29, 1.82) is 0 Å². The Kier molecular flexibility index (Phi) is 6.00. The highest BCUT2D eigenvalue weighted by Crippen LogP contribution is 2.24. The van der Waals surface area contributed by atoms with Crippen molar-refractivity contribution < 1.29 is 14.5 Å². The van der Waals surface area contributed by atoms with E-state index in [2.05, 4.69) is 22.5 Å². The second-order valence-corrected chi connectivity index (χ2v) is 6.33. The molecule has 0 bridgehead atoms. The number of carbonyl (C=O) groups is 1. The van der Waals surface area contributed by atoms with Gasteiger partial charge in [0.25, 0.3) is 11.6 Å². The van der Waals surface area contributed by atoms with E-state index in [4.69, 9.17) is 4.74 Å². The minimum absolute atomic E-state index is 0.145. The van der Waals surface area contributed by atoms with Gasteiger partial charge in [-0.2, -0.15) is 0 Å². The van der Waals surface area contributed by atoms with Crippen molar-refractivity contribution in [3.8, 4) is 5.75 Å². The number of carbonyl (C=O) groups excluding carboxylic acids is 1. The average Bonchev–Trinajstić information content (AvgIpc) is 2.69. The Morgan fingerprint density at radius 3 is 2.48 bits per heavy atom. The van der Waals surface area contributed by atoms with Crippen LogP contribution in [0.1, 0.15) is 15.9 Å². The lowest BCUT2D eigenvalue weighted by atomic mass is 10.1.